The van der Waals surface area contributed by atoms with Crippen molar-refractivity contribution in [2.75, 3.05) is 32.8 Å². The molecule has 3 aliphatic rings. The van der Waals surface area contributed by atoms with Gasteiger partial charge in [-0.3, -0.25) is 9.69 Å². The number of aliphatic hydroxyl groups excluding tert-OH is 1. The molecule has 3 heterocycles. The number of amides is 1. The van der Waals surface area contributed by atoms with Crippen LogP contribution in [-0.4, -0.2) is 71.8 Å². The normalized spacial score (nSPS) is 36.9. The second kappa shape index (κ2) is 5.15. The molecular weight excluding hydrogens is 232 g/mol. The summed E-state index contributed by atoms with van der Waals surface area (Å²) >= 11 is 0. The lowest BCUT2D eigenvalue weighted by Crippen LogP contribution is -2.51. The monoisotopic (exact) mass is 254 g/mol. The predicted octanol–water partition coefficient (Wildman–Crippen LogP) is -0.167. The maximum Gasteiger partial charge on any atom is 0.236 e. The fourth-order valence-electron chi connectivity index (χ4n) is 3.57. The van der Waals surface area contributed by atoms with Gasteiger partial charge in [-0.2, -0.15) is 0 Å². The van der Waals surface area contributed by atoms with Gasteiger partial charge in [-0.25, -0.2) is 0 Å². The van der Waals surface area contributed by atoms with Gasteiger partial charge in [-0.1, -0.05) is 0 Å². The van der Waals surface area contributed by atoms with Crippen LogP contribution in [0.25, 0.3) is 0 Å². The number of nitrogens with zero attached hydrogens (tertiary/aromatic N) is 2. The maximum absolute atomic E-state index is 12.2. The Morgan fingerprint density at radius 2 is 1.78 bits per heavy atom. The number of carbonyl (C=O) groups excluding carboxylic acids is 1. The van der Waals surface area contributed by atoms with Crippen LogP contribution in [0.4, 0.5) is 0 Å². The first kappa shape index (κ1) is 12.4. The highest BCUT2D eigenvalue weighted by Gasteiger charge is 2.41. The van der Waals surface area contributed by atoms with E-state index in [1.807, 2.05) is 4.90 Å². The van der Waals surface area contributed by atoms with Gasteiger partial charge in [0.15, 0.2) is 0 Å². The number of morpholine rings is 1. The van der Waals surface area contributed by atoms with Gasteiger partial charge >= 0.3 is 0 Å². The number of hydrogen-bond acceptors (Lipinski definition) is 4. The van der Waals surface area contributed by atoms with Crippen molar-refractivity contribution in [3.8, 4) is 0 Å². The minimum atomic E-state index is -0.155. The number of aliphatic hydroxyl groups is 1. The maximum atomic E-state index is 12.2. The van der Waals surface area contributed by atoms with E-state index in [4.69, 9.17) is 4.74 Å². The van der Waals surface area contributed by atoms with Crippen LogP contribution in [0.1, 0.15) is 25.7 Å². The zero-order valence-corrected chi connectivity index (χ0v) is 10.8. The quantitative estimate of drug-likeness (QED) is 0.743. The number of fused-ring (bicyclic) bond motifs is 2. The Morgan fingerprint density at radius 3 is 2.39 bits per heavy atom. The third kappa shape index (κ3) is 2.39. The fourth-order valence-corrected chi connectivity index (χ4v) is 3.57. The lowest BCUT2D eigenvalue weighted by molar-refractivity contribution is -0.138. The molecule has 18 heavy (non-hydrogen) atoms. The van der Waals surface area contributed by atoms with Crippen LogP contribution in [0.5, 0.6) is 0 Å². The molecule has 0 aromatic heterocycles. The van der Waals surface area contributed by atoms with Gasteiger partial charge in [0.05, 0.1) is 25.9 Å². The zero-order valence-electron chi connectivity index (χ0n) is 10.8. The van der Waals surface area contributed by atoms with Gasteiger partial charge in [0.25, 0.3) is 0 Å². The van der Waals surface area contributed by atoms with E-state index in [1.54, 1.807) is 0 Å². The summed E-state index contributed by atoms with van der Waals surface area (Å²) in [5.41, 5.74) is 0. The summed E-state index contributed by atoms with van der Waals surface area (Å²) in [4.78, 5) is 16.5. The zero-order chi connectivity index (χ0) is 12.5. The van der Waals surface area contributed by atoms with Crippen LogP contribution in [0.2, 0.25) is 0 Å². The van der Waals surface area contributed by atoms with Crippen LogP contribution >= 0.6 is 0 Å². The first-order chi connectivity index (χ1) is 8.74. The summed E-state index contributed by atoms with van der Waals surface area (Å²) in [6.07, 6.45) is 3.80. The molecule has 3 aliphatic heterocycles. The number of rotatable bonds is 2. The number of ether oxygens (including phenoxy) is 1. The Kier molecular flexibility index (Phi) is 3.54. The standard InChI is InChI=1S/C13H22N2O3/c16-12-7-10-1-2-11(8-12)15(10)9-13(17)14-3-5-18-6-4-14/h10-12,16H,1-9H2. The number of piperidine rings is 1. The molecule has 0 aliphatic carbocycles. The van der Waals surface area contributed by atoms with Crippen LogP contribution in [0.15, 0.2) is 0 Å². The molecule has 102 valence electrons. The van der Waals surface area contributed by atoms with E-state index in [0.717, 1.165) is 38.8 Å². The highest BCUT2D eigenvalue weighted by atomic mass is 16.5. The third-order valence-corrected chi connectivity index (χ3v) is 4.54. The van der Waals surface area contributed by atoms with E-state index in [0.29, 0.717) is 31.8 Å². The van der Waals surface area contributed by atoms with Crippen LogP contribution in [0.3, 0.4) is 0 Å². The largest absolute Gasteiger partial charge is 0.393 e. The minimum absolute atomic E-state index is 0.155. The van der Waals surface area contributed by atoms with E-state index in [9.17, 15) is 9.90 Å². The smallest absolute Gasteiger partial charge is 0.236 e. The van der Waals surface area contributed by atoms with E-state index in [-0.39, 0.29) is 12.0 Å². The molecule has 0 aromatic rings. The van der Waals surface area contributed by atoms with Crippen LogP contribution in [0, 0.1) is 0 Å². The second-order valence-electron chi connectivity index (χ2n) is 5.68. The van der Waals surface area contributed by atoms with Gasteiger partial charge < -0.3 is 14.7 Å². The van der Waals surface area contributed by atoms with E-state index >= 15 is 0 Å². The molecule has 5 nitrogen and oxygen atoms in total. The highest BCUT2D eigenvalue weighted by molar-refractivity contribution is 5.78. The molecule has 2 atom stereocenters. The first-order valence-electron chi connectivity index (χ1n) is 7.03. The third-order valence-electron chi connectivity index (χ3n) is 4.54. The molecule has 3 saturated heterocycles. The van der Waals surface area contributed by atoms with Crippen LogP contribution in [-0.2, 0) is 9.53 Å². The average molecular weight is 254 g/mol. The van der Waals surface area contributed by atoms with Crippen molar-refractivity contribution in [1.82, 2.24) is 9.80 Å². The molecule has 3 fully saturated rings. The molecular formula is C13H22N2O3. The van der Waals surface area contributed by atoms with Crippen molar-refractivity contribution in [2.24, 2.45) is 0 Å². The Bertz CT molecular complexity index is 303. The predicted molar refractivity (Wildman–Crippen MR) is 66.2 cm³/mol. The van der Waals surface area contributed by atoms with Crippen molar-refractivity contribution in [2.45, 2.75) is 43.9 Å². The Labute approximate surface area is 108 Å². The van der Waals surface area contributed by atoms with E-state index < -0.39 is 0 Å². The summed E-state index contributed by atoms with van der Waals surface area (Å²) in [5.74, 6) is 0.228. The van der Waals surface area contributed by atoms with Gasteiger partial charge in [0.2, 0.25) is 5.91 Å². The highest BCUT2D eigenvalue weighted by Crippen LogP contribution is 2.35. The summed E-state index contributed by atoms with van der Waals surface area (Å²) in [6, 6.07) is 0.840. The average Bonchev–Trinajstić information content (AvgIpc) is 2.62. The lowest BCUT2D eigenvalue weighted by Gasteiger charge is -2.38. The molecule has 0 aromatic carbocycles. The fraction of sp³-hybridized carbons (Fsp3) is 0.923. The van der Waals surface area contributed by atoms with Crippen LogP contribution < -0.4 is 0 Å². The molecule has 5 heteroatoms. The second-order valence-corrected chi connectivity index (χ2v) is 5.68. The summed E-state index contributed by atoms with van der Waals surface area (Å²) in [6.45, 7) is 3.31. The molecule has 3 rings (SSSR count). The molecule has 0 spiro atoms. The van der Waals surface area contributed by atoms with E-state index in [1.165, 1.54) is 0 Å². The lowest BCUT2D eigenvalue weighted by atomic mass is 10.00. The van der Waals surface area contributed by atoms with Crippen molar-refractivity contribution < 1.29 is 14.6 Å². The Morgan fingerprint density at radius 1 is 1.17 bits per heavy atom. The van der Waals surface area contributed by atoms with Gasteiger partial charge in [0.1, 0.15) is 0 Å². The summed E-state index contributed by atoms with van der Waals surface area (Å²) < 4.78 is 5.27. The van der Waals surface area contributed by atoms with Gasteiger partial charge in [-0.15, -0.1) is 0 Å². The number of carbonyl (C=O) groups is 1. The van der Waals surface area contributed by atoms with Gasteiger partial charge in [-0.05, 0) is 25.7 Å². The van der Waals surface area contributed by atoms with E-state index in [2.05, 4.69) is 4.90 Å². The Hall–Kier alpha value is -0.650. The molecule has 1 amide bonds. The van der Waals surface area contributed by atoms with Gasteiger partial charge in [0, 0.05) is 25.2 Å². The molecule has 0 radical (unpaired) electrons. The molecule has 0 saturated carbocycles. The SMILES string of the molecule is O=C(CN1C2CCC1CC(O)C2)N1CCOCC1. The first-order valence-corrected chi connectivity index (χ1v) is 7.03. The van der Waals surface area contributed by atoms with Crippen molar-refractivity contribution in [3.63, 3.8) is 0 Å². The van der Waals surface area contributed by atoms with Crippen molar-refractivity contribution in [1.29, 1.82) is 0 Å². The molecule has 2 bridgehead atoms. The van der Waals surface area contributed by atoms with Crippen molar-refractivity contribution >= 4 is 5.91 Å². The van der Waals surface area contributed by atoms with Crippen molar-refractivity contribution in [3.05, 3.63) is 0 Å². The Balaban J connectivity index is 1.58. The molecule has 2 unspecified atom stereocenters. The number of hydrogen-bond donors (Lipinski definition) is 1. The molecule has 1 N–H and O–H groups in total. The topological polar surface area (TPSA) is 53.0 Å². The minimum Gasteiger partial charge on any atom is -0.393 e. The summed E-state index contributed by atoms with van der Waals surface area (Å²) in [5, 5.41) is 9.75. The summed E-state index contributed by atoms with van der Waals surface area (Å²) in [7, 11) is 0.